The van der Waals surface area contributed by atoms with Gasteiger partial charge in [-0.05, 0) is 50.3 Å². The van der Waals surface area contributed by atoms with Crippen molar-refractivity contribution in [2.24, 2.45) is 18.9 Å². The van der Waals surface area contributed by atoms with Crippen molar-refractivity contribution in [3.8, 4) is 0 Å². The van der Waals surface area contributed by atoms with E-state index >= 15 is 0 Å². The molecular weight excluding hydrogens is 274 g/mol. The highest BCUT2D eigenvalue weighted by molar-refractivity contribution is 5.75. The summed E-state index contributed by atoms with van der Waals surface area (Å²) in [7, 11) is 2.07. The molecule has 4 heteroatoms. The van der Waals surface area contributed by atoms with E-state index in [1.54, 1.807) is 0 Å². The lowest BCUT2D eigenvalue weighted by molar-refractivity contribution is 0.236. The molecule has 2 N–H and O–H groups in total. The van der Waals surface area contributed by atoms with Crippen molar-refractivity contribution in [2.45, 2.75) is 39.7 Å². The van der Waals surface area contributed by atoms with E-state index < -0.39 is 0 Å². The zero-order valence-corrected chi connectivity index (χ0v) is 14.2. The second-order valence-electron chi connectivity index (χ2n) is 6.66. The molecule has 22 heavy (non-hydrogen) atoms. The van der Waals surface area contributed by atoms with Crippen LogP contribution in [0.2, 0.25) is 0 Å². The SMILES string of the molecule is CC(C)CC(CCO)CNC(C)c1nc2ccccc2n1C. The molecule has 2 aromatic rings. The molecule has 0 bridgehead atoms. The summed E-state index contributed by atoms with van der Waals surface area (Å²) >= 11 is 0. The molecule has 4 nitrogen and oxygen atoms in total. The Morgan fingerprint density at radius 1 is 1.23 bits per heavy atom. The molecule has 0 spiro atoms. The van der Waals surface area contributed by atoms with E-state index in [1.807, 2.05) is 12.1 Å². The van der Waals surface area contributed by atoms with Gasteiger partial charge in [-0.25, -0.2) is 4.98 Å². The number of fused-ring (bicyclic) bond motifs is 1. The summed E-state index contributed by atoms with van der Waals surface area (Å²) in [5.74, 6) is 2.24. The second kappa shape index (κ2) is 7.75. The van der Waals surface area contributed by atoms with Crippen LogP contribution in [0.25, 0.3) is 11.0 Å². The molecule has 0 aliphatic carbocycles. The molecular formula is C18H29N3O. The summed E-state index contributed by atoms with van der Waals surface area (Å²) in [6.45, 7) is 7.81. The van der Waals surface area contributed by atoms with Gasteiger partial charge in [0.05, 0.1) is 17.1 Å². The van der Waals surface area contributed by atoms with Gasteiger partial charge in [0, 0.05) is 13.7 Å². The van der Waals surface area contributed by atoms with Crippen molar-refractivity contribution >= 4 is 11.0 Å². The van der Waals surface area contributed by atoms with Crippen LogP contribution in [-0.4, -0.2) is 27.8 Å². The van der Waals surface area contributed by atoms with Crippen LogP contribution in [0.3, 0.4) is 0 Å². The molecule has 0 saturated carbocycles. The lowest BCUT2D eigenvalue weighted by atomic mass is 9.94. The average Bonchev–Trinajstić information content (AvgIpc) is 2.82. The zero-order chi connectivity index (χ0) is 16.1. The Labute approximate surface area is 133 Å². The van der Waals surface area contributed by atoms with Crippen LogP contribution in [0.1, 0.15) is 45.5 Å². The van der Waals surface area contributed by atoms with E-state index in [2.05, 4.69) is 49.8 Å². The number of aliphatic hydroxyl groups excluding tert-OH is 1. The van der Waals surface area contributed by atoms with Crippen molar-refractivity contribution in [2.75, 3.05) is 13.2 Å². The summed E-state index contributed by atoms with van der Waals surface area (Å²) < 4.78 is 2.16. The molecule has 0 aliphatic heterocycles. The molecule has 0 radical (unpaired) electrons. The van der Waals surface area contributed by atoms with E-state index in [0.717, 1.165) is 30.7 Å². The van der Waals surface area contributed by atoms with Gasteiger partial charge in [0.25, 0.3) is 0 Å². The Hall–Kier alpha value is -1.39. The van der Waals surface area contributed by atoms with Crippen molar-refractivity contribution in [1.82, 2.24) is 14.9 Å². The Balaban J connectivity index is 2.03. The fraction of sp³-hybridized carbons (Fsp3) is 0.611. The Morgan fingerprint density at radius 2 is 1.95 bits per heavy atom. The van der Waals surface area contributed by atoms with Crippen molar-refractivity contribution < 1.29 is 5.11 Å². The van der Waals surface area contributed by atoms with Gasteiger partial charge in [-0.1, -0.05) is 26.0 Å². The number of nitrogens with zero attached hydrogens (tertiary/aromatic N) is 2. The number of benzene rings is 1. The number of aryl methyl sites for hydroxylation is 1. The second-order valence-corrected chi connectivity index (χ2v) is 6.66. The minimum Gasteiger partial charge on any atom is -0.396 e. The normalized spacial score (nSPS) is 14.6. The van der Waals surface area contributed by atoms with Crippen molar-refractivity contribution in [3.63, 3.8) is 0 Å². The number of hydrogen-bond donors (Lipinski definition) is 2. The molecule has 2 unspecified atom stereocenters. The van der Waals surface area contributed by atoms with E-state index in [1.165, 1.54) is 5.52 Å². The summed E-state index contributed by atoms with van der Waals surface area (Å²) in [5, 5.41) is 12.8. The summed E-state index contributed by atoms with van der Waals surface area (Å²) in [6.07, 6.45) is 2.00. The molecule has 0 saturated heterocycles. The first kappa shape index (κ1) is 17.0. The largest absolute Gasteiger partial charge is 0.396 e. The van der Waals surface area contributed by atoms with Crippen molar-refractivity contribution in [1.29, 1.82) is 0 Å². The van der Waals surface area contributed by atoms with E-state index in [-0.39, 0.29) is 12.6 Å². The van der Waals surface area contributed by atoms with Crippen LogP contribution < -0.4 is 5.32 Å². The Morgan fingerprint density at radius 3 is 2.59 bits per heavy atom. The van der Waals surface area contributed by atoms with Crippen LogP contribution in [0.5, 0.6) is 0 Å². The maximum atomic E-state index is 9.23. The van der Waals surface area contributed by atoms with Gasteiger partial charge in [-0.3, -0.25) is 0 Å². The first-order chi connectivity index (χ1) is 10.5. The van der Waals surface area contributed by atoms with Gasteiger partial charge in [-0.2, -0.15) is 0 Å². The van der Waals surface area contributed by atoms with Gasteiger partial charge in [0.15, 0.2) is 0 Å². The van der Waals surface area contributed by atoms with Gasteiger partial charge in [0.1, 0.15) is 5.82 Å². The molecule has 0 fully saturated rings. The van der Waals surface area contributed by atoms with Crippen molar-refractivity contribution in [3.05, 3.63) is 30.1 Å². The maximum absolute atomic E-state index is 9.23. The summed E-state index contributed by atoms with van der Waals surface area (Å²) in [6, 6.07) is 8.43. The van der Waals surface area contributed by atoms with E-state index in [4.69, 9.17) is 4.98 Å². The van der Waals surface area contributed by atoms with Gasteiger partial charge in [-0.15, -0.1) is 0 Å². The number of aliphatic hydroxyl groups is 1. The van der Waals surface area contributed by atoms with E-state index in [9.17, 15) is 5.11 Å². The highest BCUT2D eigenvalue weighted by Gasteiger charge is 2.16. The molecule has 1 heterocycles. The number of aromatic nitrogens is 2. The molecule has 0 aliphatic rings. The molecule has 2 atom stereocenters. The summed E-state index contributed by atoms with van der Waals surface area (Å²) in [4.78, 5) is 4.75. The van der Waals surface area contributed by atoms with Crippen LogP contribution >= 0.6 is 0 Å². The molecule has 2 rings (SSSR count). The molecule has 0 amide bonds. The maximum Gasteiger partial charge on any atom is 0.126 e. The molecule has 1 aromatic heterocycles. The molecule has 122 valence electrons. The first-order valence-electron chi connectivity index (χ1n) is 8.28. The van der Waals surface area contributed by atoms with Gasteiger partial charge in [0.2, 0.25) is 0 Å². The zero-order valence-electron chi connectivity index (χ0n) is 14.2. The smallest absolute Gasteiger partial charge is 0.126 e. The average molecular weight is 303 g/mol. The number of hydrogen-bond acceptors (Lipinski definition) is 3. The van der Waals surface area contributed by atoms with Crippen LogP contribution in [0, 0.1) is 11.8 Å². The van der Waals surface area contributed by atoms with Crippen LogP contribution in [0.15, 0.2) is 24.3 Å². The number of para-hydroxylation sites is 2. The quantitative estimate of drug-likeness (QED) is 0.787. The minimum atomic E-state index is 0.200. The monoisotopic (exact) mass is 303 g/mol. The predicted molar refractivity (Wildman–Crippen MR) is 91.8 cm³/mol. The first-order valence-corrected chi connectivity index (χ1v) is 8.28. The fourth-order valence-corrected chi connectivity index (χ4v) is 3.14. The van der Waals surface area contributed by atoms with Gasteiger partial charge < -0.3 is 15.0 Å². The summed E-state index contributed by atoms with van der Waals surface area (Å²) in [5.41, 5.74) is 2.21. The fourth-order valence-electron chi connectivity index (χ4n) is 3.14. The van der Waals surface area contributed by atoms with E-state index in [0.29, 0.717) is 11.8 Å². The Bertz CT molecular complexity index is 591. The van der Waals surface area contributed by atoms with Crippen LogP contribution in [-0.2, 0) is 7.05 Å². The third-order valence-corrected chi connectivity index (χ3v) is 4.26. The standard InChI is InChI=1S/C18H29N3O/c1-13(2)11-15(9-10-22)12-19-14(3)18-20-16-7-5-6-8-17(16)21(18)4/h5-8,13-15,19,22H,9-12H2,1-4H3. The minimum absolute atomic E-state index is 0.200. The Kier molecular flexibility index (Phi) is 5.98. The topological polar surface area (TPSA) is 50.1 Å². The lowest BCUT2D eigenvalue weighted by Crippen LogP contribution is -2.28. The highest BCUT2D eigenvalue weighted by atomic mass is 16.3. The highest BCUT2D eigenvalue weighted by Crippen LogP contribution is 2.20. The lowest BCUT2D eigenvalue weighted by Gasteiger charge is -2.21. The third kappa shape index (κ3) is 4.08. The number of imidazole rings is 1. The van der Waals surface area contributed by atoms with Crippen LogP contribution in [0.4, 0.5) is 0 Å². The number of rotatable bonds is 8. The van der Waals surface area contributed by atoms with Gasteiger partial charge >= 0.3 is 0 Å². The number of nitrogens with one attached hydrogen (secondary N) is 1. The third-order valence-electron chi connectivity index (χ3n) is 4.26. The molecule has 1 aromatic carbocycles. The predicted octanol–water partition coefficient (Wildman–Crippen LogP) is 3.27.